The van der Waals surface area contributed by atoms with Gasteiger partial charge >= 0.3 is 0 Å². The summed E-state index contributed by atoms with van der Waals surface area (Å²) in [6.45, 7) is 0.544. The molecule has 1 aliphatic rings. The number of hydrogen-bond acceptors (Lipinski definition) is 3. The van der Waals surface area contributed by atoms with E-state index in [0.717, 1.165) is 22.3 Å². The maximum absolute atomic E-state index is 13.6. The second-order valence-corrected chi connectivity index (χ2v) is 7.39. The number of ether oxygens (including phenoxy) is 2. The summed E-state index contributed by atoms with van der Waals surface area (Å²) >= 11 is 0. The number of nitrogens with zero attached hydrogens (tertiary/aromatic N) is 1. The van der Waals surface area contributed by atoms with Gasteiger partial charge in [0.25, 0.3) is 0 Å². The van der Waals surface area contributed by atoms with Gasteiger partial charge in [-0.25, -0.2) is 4.39 Å². The van der Waals surface area contributed by atoms with Crippen molar-refractivity contribution in [3.63, 3.8) is 0 Å². The first-order chi connectivity index (χ1) is 15.1. The minimum Gasteiger partial charge on any atom is -0.493 e. The molecule has 4 nitrogen and oxygen atoms in total. The van der Waals surface area contributed by atoms with Gasteiger partial charge in [-0.2, -0.15) is 0 Å². The van der Waals surface area contributed by atoms with Gasteiger partial charge in [0, 0.05) is 12.6 Å². The van der Waals surface area contributed by atoms with Crippen LogP contribution in [0.4, 0.5) is 4.39 Å². The molecule has 1 atom stereocenters. The van der Waals surface area contributed by atoms with Crippen molar-refractivity contribution in [2.45, 2.75) is 12.5 Å². The number of methoxy groups -OCH3 is 2. The highest BCUT2D eigenvalue weighted by Crippen LogP contribution is 2.41. The molecule has 0 aromatic heterocycles. The largest absolute Gasteiger partial charge is 0.493 e. The fraction of sp³-hybridized carbons (Fsp3) is 0.192. The van der Waals surface area contributed by atoms with E-state index in [2.05, 4.69) is 0 Å². The monoisotopic (exact) mass is 417 g/mol. The van der Waals surface area contributed by atoms with E-state index in [-0.39, 0.29) is 17.8 Å². The summed E-state index contributed by atoms with van der Waals surface area (Å²) in [5.41, 5.74) is 3.84. The molecule has 158 valence electrons. The highest BCUT2D eigenvalue weighted by Gasteiger charge is 2.32. The van der Waals surface area contributed by atoms with Gasteiger partial charge in [-0.15, -0.1) is 0 Å². The molecule has 3 aromatic carbocycles. The number of carbonyl (C=O) groups is 1. The quantitative estimate of drug-likeness (QED) is 0.547. The van der Waals surface area contributed by atoms with Crippen molar-refractivity contribution in [3.05, 3.63) is 101 Å². The van der Waals surface area contributed by atoms with E-state index in [9.17, 15) is 9.18 Å². The molecular weight excluding hydrogens is 393 g/mol. The van der Waals surface area contributed by atoms with Crippen LogP contribution >= 0.6 is 0 Å². The number of carbonyl (C=O) groups excluding carboxylic acids is 1. The van der Waals surface area contributed by atoms with Gasteiger partial charge in [0.1, 0.15) is 5.82 Å². The highest BCUT2D eigenvalue weighted by atomic mass is 19.1. The zero-order valence-corrected chi connectivity index (χ0v) is 17.5. The van der Waals surface area contributed by atoms with E-state index in [1.807, 2.05) is 53.4 Å². The standard InChI is InChI=1S/C26H24FNO3/c1-30-23-16-20-14-15-28(25(29)13-8-18-6-4-3-5-7-18)26(22(20)17-24(23)31-2)19-9-11-21(27)12-10-19/h3-13,16-17,26H,14-15H2,1-2H3/b13-8+/t26-/m0/s1. The first-order valence-corrected chi connectivity index (χ1v) is 10.1. The molecule has 0 N–H and O–H groups in total. The number of amides is 1. The lowest BCUT2D eigenvalue weighted by atomic mass is 9.87. The van der Waals surface area contributed by atoms with Gasteiger partial charge < -0.3 is 14.4 Å². The molecule has 31 heavy (non-hydrogen) atoms. The molecule has 0 bridgehead atoms. The van der Waals surface area contributed by atoms with Gasteiger partial charge in [0.15, 0.2) is 11.5 Å². The van der Waals surface area contributed by atoms with Crippen LogP contribution in [0.25, 0.3) is 6.08 Å². The van der Waals surface area contributed by atoms with Crippen molar-refractivity contribution in [2.75, 3.05) is 20.8 Å². The Kier molecular flexibility index (Phi) is 6.03. The average Bonchev–Trinajstić information content (AvgIpc) is 2.82. The predicted octanol–water partition coefficient (Wildman–Crippen LogP) is 5.03. The number of rotatable bonds is 5. The summed E-state index contributed by atoms with van der Waals surface area (Å²) in [7, 11) is 3.19. The van der Waals surface area contributed by atoms with Crippen molar-refractivity contribution in [3.8, 4) is 11.5 Å². The normalized spacial score (nSPS) is 15.6. The van der Waals surface area contributed by atoms with Crippen LogP contribution in [0, 0.1) is 5.82 Å². The first kappa shape index (κ1) is 20.7. The van der Waals surface area contributed by atoms with Gasteiger partial charge in [-0.3, -0.25) is 4.79 Å². The summed E-state index contributed by atoms with van der Waals surface area (Å²) in [5, 5.41) is 0. The van der Waals surface area contributed by atoms with Gasteiger partial charge in [-0.1, -0.05) is 42.5 Å². The van der Waals surface area contributed by atoms with E-state index >= 15 is 0 Å². The molecule has 4 rings (SSSR count). The topological polar surface area (TPSA) is 38.8 Å². The summed E-state index contributed by atoms with van der Waals surface area (Å²) in [4.78, 5) is 15.0. The number of fused-ring (bicyclic) bond motifs is 1. The molecule has 0 unspecified atom stereocenters. The second kappa shape index (κ2) is 9.04. The van der Waals surface area contributed by atoms with E-state index < -0.39 is 0 Å². The van der Waals surface area contributed by atoms with Crippen molar-refractivity contribution in [1.29, 1.82) is 0 Å². The average molecular weight is 417 g/mol. The van der Waals surface area contributed by atoms with Gasteiger partial charge in [0.2, 0.25) is 5.91 Å². The molecule has 0 aliphatic carbocycles. The van der Waals surface area contributed by atoms with Crippen LogP contribution in [0.5, 0.6) is 11.5 Å². The van der Waals surface area contributed by atoms with Crippen LogP contribution in [0.15, 0.2) is 72.8 Å². The summed E-state index contributed by atoms with van der Waals surface area (Å²) < 4.78 is 24.6. The molecular formula is C26H24FNO3. The fourth-order valence-corrected chi connectivity index (χ4v) is 4.02. The Hall–Kier alpha value is -3.60. The van der Waals surface area contributed by atoms with Crippen LogP contribution in [-0.2, 0) is 11.2 Å². The Morgan fingerprint density at radius 3 is 2.35 bits per heavy atom. The third kappa shape index (κ3) is 4.31. The van der Waals surface area contributed by atoms with Crippen molar-refractivity contribution >= 4 is 12.0 Å². The summed E-state index contributed by atoms with van der Waals surface area (Å²) in [6, 6.07) is 19.5. The van der Waals surface area contributed by atoms with E-state index in [1.54, 1.807) is 32.4 Å². The molecule has 1 heterocycles. The molecule has 0 fully saturated rings. The second-order valence-electron chi connectivity index (χ2n) is 7.39. The van der Waals surface area contributed by atoms with Crippen LogP contribution in [0.3, 0.4) is 0 Å². The summed E-state index contributed by atoms with van der Waals surface area (Å²) in [6.07, 6.45) is 4.10. The highest BCUT2D eigenvalue weighted by molar-refractivity contribution is 5.92. The third-order valence-electron chi connectivity index (χ3n) is 5.56. The van der Waals surface area contributed by atoms with Crippen molar-refractivity contribution in [1.82, 2.24) is 4.90 Å². The van der Waals surface area contributed by atoms with E-state index in [0.29, 0.717) is 24.5 Å². The molecule has 0 saturated heterocycles. The molecule has 0 radical (unpaired) electrons. The minimum atomic E-state index is -0.350. The minimum absolute atomic E-state index is 0.0985. The fourth-order valence-electron chi connectivity index (χ4n) is 4.02. The first-order valence-electron chi connectivity index (χ1n) is 10.1. The number of benzene rings is 3. The van der Waals surface area contributed by atoms with Gasteiger partial charge in [-0.05, 0) is 59.0 Å². The summed E-state index contributed by atoms with van der Waals surface area (Å²) in [5.74, 6) is 0.845. The lowest BCUT2D eigenvalue weighted by Crippen LogP contribution is -2.39. The number of hydrogen-bond donors (Lipinski definition) is 0. The molecule has 0 saturated carbocycles. The smallest absolute Gasteiger partial charge is 0.247 e. The molecule has 1 aliphatic heterocycles. The molecule has 1 amide bonds. The van der Waals surface area contributed by atoms with Crippen LogP contribution in [0.1, 0.15) is 28.3 Å². The Morgan fingerprint density at radius 2 is 1.68 bits per heavy atom. The Morgan fingerprint density at radius 1 is 1.00 bits per heavy atom. The molecule has 5 heteroatoms. The third-order valence-corrected chi connectivity index (χ3v) is 5.56. The Bertz CT molecular complexity index is 1090. The number of halogens is 1. The zero-order valence-electron chi connectivity index (χ0n) is 17.5. The van der Waals surface area contributed by atoms with Crippen LogP contribution in [0.2, 0.25) is 0 Å². The Labute approximate surface area is 181 Å². The lowest BCUT2D eigenvalue weighted by molar-refractivity contribution is -0.127. The van der Waals surface area contributed by atoms with E-state index in [4.69, 9.17) is 9.47 Å². The van der Waals surface area contributed by atoms with Crippen molar-refractivity contribution in [2.24, 2.45) is 0 Å². The maximum atomic E-state index is 13.6. The Balaban J connectivity index is 1.76. The molecule has 0 spiro atoms. The van der Waals surface area contributed by atoms with Crippen LogP contribution < -0.4 is 9.47 Å². The van der Waals surface area contributed by atoms with Crippen LogP contribution in [-0.4, -0.2) is 31.6 Å². The lowest BCUT2D eigenvalue weighted by Gasteiger charge is -2.37. The molecule has 3 aromatic rings. The SMILES string of the molecule is COc1cc2c(cc1OC)[C@H](c1ccc(F)cc1)N(C(=O)/C=C/c1ccccc1)CC2. The van der Waals surface area contributed by atoms with E-state index in [1.165, 1.54) is 12.1 Å². The zero-order chi connectivity index (χ0) is 21.8. The maximum Gasteiger partial charge on any atom is 0.247 e. The van der Waals surface area contributed by atoms with Gasteiger partial charge in [0.05, 0.1) is 20.3 Å². The predicted molar refractivity (Wildman–Crippen MR) is 119 cm³/mol. The van der Waals surface area contributed by atoms with Crippen molar-refractivity contribution < 1.29 is 18.7 Å².